The van der Waals surface area contributed by atoms with E-state index in [2.05, 4.69) is 9.97 Å². The fourth-order valence-electron chi connectivity index (χ4n) is 1.29. The first-order valence-corrected chi connectivity index (χ1v) is 5.36. The molecule has 0 saturated carbocycles. The van der Waals surface area contributed by atoms with Crippen molar-refractivity contribution in [2.45, 2.75) is 6.42 Å². The van der Waals surface area contributed by atoms with E-state index < -0.39 is 0 Å². The van der Waals surface area contributed by atoms with Crippen molar-refractivity contribution < 1.29 is 4.74 Å². The van der Waals surface area contributed by atoms with E-state index in [1.54, 1.807) is 24.5 Å². The van der Waals surface area contributed by atoms with Gasteiger partial charge in [0.25, 0.3) is 0 Å². The Hall–Kier alpha value is -1.61. The van der Waals surface area contributed by atoms with Crippen LogP contribution >= 0.6 is 11.6 Å². The van der Waals surface area contributed by atoms with Crippen molar-refractivity contribution in [2.24, 2.45) is 0 Å². The molecule has 0 saturated heterocycles. The lowest BCUT2D eigenvalue weighted by Gasteiger charge is -2.05. The van der Waals surface area contributed by atoms with Gasteiger partial charge in [-0.15, -0.1) is 0 Å². The van der Waals surface area contributed by atoms with Crippen LogP contribution in [-0.2, 0) is 6.42 Å². The van der Waals surface area contributed by atoms with E-state index in [0.29, 0.717) is 11.8 Å². The highest BCUT2D eigenvalue weighted by Gasteiger charge is 1.97. The molecule has 0 aliphatic rings. The van der Waals surface area contributed by atoms with Crippen molar-refractivity contribution in [3.05, 3.63) is 53.6 Å². The molecule has 0 amide bonds. The van der Waals surface area contributed by atoms with Gasteiger partial charge >= 0.3 is 0 Å². The summed E-state index contributed by atoms with van der Waals surface area (Å²) in [6, 6.07) is 9.31. The normalized spacial score (nSPS) is 10.1. The van der Waals surface area contributed by atoms with E-state index in [1.807, 2.05) is 18.2 Å². The molecule has 16 heavy (non-hydrogen) atoms. The topological polar surface area (TPSA) is 35.0 Å². The summed E-state index contributed by atoms with van der Waals surface area (Å²) >= 11 is 5.74. The minimum Gasteiger partial charge on any atom is -0.493 e. The van der Waals surface area contributed by atoms with Crippen LogP contribution in [0.1, 0.15) is 5.69 Å². The Morgan fingerprint density at radius 2 is 2.06 bits per heavy atom. The third kappa shape index (κ3) is 3.21. The van der Waals surface area contributed by atoms with Crippen LogP contribution in [-0.4, -0.2) is 16.6 Å². The van der Waals surface area contributed by atoms with E-state index in [1.165, 1.54) is 0 Å². The first-order valence-electron chi connectivity index (χ1n) is 4.99. The van der Waals surface area contributed by atoms with E-state index in [4.69, 9.17) is 16.3 Å². The average Bonchev–Trinajstić information content (AvgIpc) is 2.30. The lowest BCUT2D eigenvalue weighted by molar-refractivity contribution is 0.320. The molecule has 0 radical (unpaired) electrons. The van der Waals surface area contributed by atoms with Crippen LogP contribution in [0.4, 0.5) is 0 Å². The summed E-state index contributed by atoms with van der Waals surface area (Å²) in [6.45, 7) is 0.581. The molecule has 0 atom stereocenters. The number of hydrogen-bond donors (Lipinski definition) is 0. The molecule has 2 rings (SSSR count). The monoisotopic (exact) mass is 234 g/mol. The SMILES string of the molecule is Clc1cc(OCCc2ccccn2)ccn1. The Balaban J connectivity index is 1.85. The second kappa shape index (κ2) is 5.47. The third-order valence-electron chi connectivity index (χ3n) is 2.05. The van der Waals surface area contributed by atoms with Crippen LogP contribution < -0.4 is 4.74 Å². The van der Waals surface area contributed by atoms with Crippen molar-refractivity contribution in [1.82, 2.24) is 9.97 Å². The van der Waals surface area contributed by atoms with Gasteiger partial charge in [-0.25, -0.2) is 4.98 Å². The number of hydrogen-bond acceptors (Lipinski definition) is 3. The fraction of sp³-hybridized carbons (Fsp3) is 0.167. The van der Waals surface area contributed by atoms with Crippen LogP contribution in [0.5, 0.6) is 5.75 Å². The molecular formula is C12H11ClN2O. The summed E-state index contributed by atoms with van der Waals surface area (Å²) in [6.07, 6.45) is 4.18. The van der Waals surface area contributed by atoms with Gasteiger partial charge < -0.3 is 4.74 Å². The number of aromatic nitrogens is 2. The molecule has 82 valence electrons. The fourth-order valence-corrected chi connectivity index (χ4v) is 1.46. The molecule has 2 aromatic rings. The predicted octanol–water partition coefficient (Wildman–Crippen LogP) is 2.75. The maximum atomic E-state index is 5.74. The number of ether oxygens (including phenoxy) is 1. The largest absolute Gasteiger partial charge is 0.493 e. The van der Waals surface area contributed by atoms with Crippen LogP contribution in [0.25, 0.3) is 0 Å². The lowest BCUT2D eigenvalue weighted by Crippen LogP contribution is -2.02. The highest BCUT2D eigenvalue weighted by atomic mass is 35.5. The molecule has 3 nitrogen and oxygen atoms in total. The molecular weight excluding hydrogens is 224 g/mol. The summed E-state index contributed by atoms with van der Waals surface area (Å²) in [7, 11) is 0. The maximum absolute atomic E-state index is 5.74. The molecule has 0 aliphatic heterocycles. The Morgan fingerprint density at radius 3 is 2.81 bits per heavy atom. The Morgan fingerprint density at radius 1 is 1.12 bits per heavy atom. The summed E-state index contributed by atoms with van der Waals surface area (Å²) in [4.78, 5) is 8.09. The Kier molecular flexibility index (Phi) is 3.72. The second-order valence-electron chi connectivity index (χ2n) is 3.23. The van der Waals surface area contributed by atoms with E-state index in [9.17, 15) is 0 Å². The molecule has 0 bridgehead atoms. The van der Waals surface area contributed by atoms with Crippen molar-refractivity contribution in [2.75, 3.05) is 6.61 Å². The molecule has 0 aromatic carbocycles. The minimum absolute atomic E-state index is 0.440. The number of rotatable bonds is 4. The number of nitrogens with zero attached hydrogens (tertiary/aromatic N) is 2. The summed E-state index contributed by atoms with van der Waals surface area (Å²) in [5.41, 5.74) is 1.02. The molecule has 4 heteroatoms. The van der Waals surface area contributed by atoms with Gasteiger partial charge in [-0.2, -0.15) is 0 Å². The first kappa shape index (κ1) is 10.9. The standard InChI is InChI=1S/C12H11ClN2O/c13-12-9-11(4-7-15-12)16-8-5-10-3-1-2-6-14-10/h1-4,6-7,9H,5,8H2. The Labute approximate surface area is 99.1 Å². The van der Waals surface area contributed by atoms with Crippen molar-refractivity contribution in [3.8, 4) is 5.75 Å². The maximum Gasteiger partial charge on any atom is 0.132 e. The van der Waals surface area contributed by atoms with Gasteiger partial charge in [0.15, 0.2) is 0 Å². The van der Waals surface area contributed by atoms with E-state index >= 15 is 0 Å². The highest BCUT2D eigenvalue weighted by molar-refractivity contribution is 6.29. The molecule has 0 unspecified atom stereocenters. The molecule has 0 fully saturated rings. The van der Waals surface area contributed by atoms with E-state index in [-0.39, 0.29) is 0 Å². The van der Waals surface area contributed by atoms with Gasteiger partial charge in [0, 0.05) is 30.6 Å². The summed E-state index contributed by atoms with van der Waals surface area (Å²) < 4.78 is 5.53. The minimum atomic E-state index is 0.440. The quantitative estimate of drug-likeness (QED) is 0.763. The second-order valence-corrected chi connectivity index (χ2v) is 3.62. The molecule has 2 aromatic heterocycles. The predicted molar refractivity (Wildman–Crippen MR) is 62.7 cm³/mol. The van der Waals surface area contributed by atoms with Crippen molar-refractivity contribution in [1.29, 1.82) is 0 Å². The van der Waals surface area contributed by atoms with Crippen LogP contribution in [0.2, 0.25) is 5.15 Å². The van der Waals surface area contributed by atoms with Gasteiger partial charge in [0.2, 0.25) is 0 Å². The van der Waals surface area contributed by atoms with Gasteiger partial charge in [0.1, 0.15) is 10.9 Å². The zero-order chi connectivity index (χ0) is 11.2. The molecule has 0 spiro atoms. The van der Waals surface area contributed by atoms with Crippen molar-refractivity contribution in [3.63, 3.8) is 0 Å². The molecule has 0 N–H and O–H groups in total. The van der Waals surface area contributed by atoms with Gasteiger partial charge in [-0.05, 0) is 18.2 Å². The summed E-state index contributed by atoms with van der Waals surface area (Å²) in [5.74, 6) is 0.732. The zero-order valence-corrected chi connectivity index (χ0v) is 9.39. The van der Waals surface area contributed by atoms with Crippen LogP contribution in [0.3, 0.4) is 0 Å². The Bertz CT molecular complexity index is 448. The third-order valence-corrected chi connectivity index (χ3v) is 2.26. The molecule has 0 aliphatic carbocycles. The molecule has 2 heterocycles. The van der Waals surface area contributed by atoms with Crippen molar-refractivity contribution >= 4 is 11.6 Å². The van der Waals surface area contributed by atoms with Gasteiger partial charge in [0.05, 0.1) is 6.61 Å². The van der Waals surface area contributed by atoms with Crippen LogP contribution in [0.15, 0.2) is 42.7 Å². The first-order chi connectivity index (χ1) is 7.84. The van der Waals surface area contributed by atoms with E-state index in [0.717, 1.165) is 17.9 Å². The number of pyridine rings is 2. The van der Waals surface area contributed by atoms with Gasteiger partial charge in [-0.1, -0.05) is 17.7 Å². The smallest absolute Gasteiger partial charge is 0.132 e. The highest BCUT2D eigenvalue weighted by Crippen LogP contribution is 2.14. The summed E-state index contributed by atoms with van der Waals surface area (Å²) in [5, 5.41) is 0.440. The average molecular weight is 235 g/mol. The zero-order valence-electron chi connectivity index (χ0n) is 8.64. The van der Waals surface area contributed by atoms with Gasteiger partial charge in [-0.3, -0.25) is 4.98 Å². The number of halogens is 1. The lowest BCUT2D eigenvalue weighted by atomic mass is 10.3. The van der Waals surface area contributed by atoms with Crippen LogP contribution in [0, 0.1) is 0 Å².